The van der Waals surface area contributed by atoms with Gasteiger partial charge in [-0.2, -0.15) is 0 Å². The fourth-order valence-electron chi connectivity index (χ4n) is 9.53. The van der Waals surface area contributed by atoms with Crippen LogP contribution in [-0.2, 0) is 5.41 Å². The van der Waals surface area contributed by atoms with Gasteiger partial charge in [0.15, 0.2) is 5.82 Å². The van der Waals surface area contributed by atoms with Gasteiger partial charge in [-0.3, -0.25) is 0 Å². The molecule has 3 heterocycles. The third-order valence-electron chi connectivity index (χ3n) is 12.5. The van der Waals surface area contributed by atoms with Gasteiger partial charge < -0.3 is 4.42 Å². The van der Waals surface area contributed by atoms with Crippen LogP contribution in [0.25, 0.3) is 111 Å². The third kappa shape index (κ3) is 5.27. The Kier molecular flexibility index (Phi) is 7.54. The molecule has 0 amide bonds. The Labute approximate surface area is 347 Å². The second kappa shape index (κ2) is 13.2. The zero-order valence-corrected chi connectivity index (χ0v) is 33.1. The summed E-state index contributed by atoms with van der Waals surface area (Å²) in [5.41, 5.74) is 16.8. The predicted octanol–water partition coefficient (Wildman–Crippen LogP) is 14.7. The van der Waals surface area contributed by atoms with Gasteiger partial charge in [0.05, 0.1) is 22.6 Å². The van der Waals surface area contributed by atoms with Gasteiger partial charge in [0.1, 0.15) is 11.2 Å². The Bertz CT molecular complexity index is 3490. The average molecular weight is 768 g/mol. The molecule has 3 aromatic heterocycles. The van der Waals surface area contributed by atoms with E-state index in [9.17, 15) is 0 Å². The van der Waals surface area contributed by atoms with E-state index >= 15 is 0 Å². The van der Waals surface area contributed by atoms with Gasteiger partial charge >= 0.3 is 0 Å². The molecular weight excluding hydrogens is 731 g/mol. The molecule has 0 spiro atoms. The van der Waals surface area contributed by atoms with Crippen molar-refractivity contribution < 1.29 is 4.42 Å². The van der Waals surface area contributed by atoms with E-state index in [1.807, 2.05) is 12.1 Å². The molecule has 0 saturated carbocycles. The first kappa shape index (κ1) is 34.4. The molecule has 1 aliphatic rings. The van der Waals surface area contributed by atoms with Crippen molar-refractivity contribution in [2.75, 3.05) is 0 Å². The Hall–Kier alpha value is -7.69. The van der Waals surface area contributed by atoms with Gasteiger partial charge in [-0.15, -0.1) is 0 Å². The molecule has 12 rings (SSSR count). The highest BCUT2D eigenvalue weighted by molar-refractivity contribution is 6.29. The Balaban J connectivity index is 0.984. The van der Waals surface area contributed by atoms with Gasteiger partial charge in [0.25, 0.3) is 0 Å². The van der Waals surface area contributed by atoms with Crippen LogP contribution in [0.15, 0.2) is 192 Å². The highest BCUT2D eigenvalue weighted by atomic mass is 16.3. The van der Waals surface area contributed by atoms with E-state index < -0.39 is 0 Å². The molecule has 0 saturated heterocycles. The van der Waals surface area contributed by atoms with Crippen LogP contribution in [0.1, 0.15) is 25.0 Å². The molecule has 11 aromatic rings. The van der Waals surface area contributed by atoms with Crippen molar-refractivity contribution in [2.45, 2.75) is 19.3 Å². The van der Waals surface area contributed by atoms with E-state index in [-0.39, 0.29) is 5.41 Å². The van der Waals surface area contributed by atoms with Crippen LogP contribution < -0.4 is 0 Å². The number of hydrogen-bond donors (Lipinski definition) is 0. The van der Waals surface area contributed by atoms with E-state index in [2.05, 4.69) is 190 Å². The molecule has 0 atom stereocenters. The van der Waals surface area contributed by atoms with Crippen molar-refractivity contribution in [2.24, 2.45) is 0 Å². The molecule has 0 radical (unpaired) electrons. The lowest BCUT2D eigenvalue weighted by Crippen LogP contribution is -2.14. The maximum Gasteiger partial charge on any atom is 0.160 e. The summed E-state index contributed by atoms with van der Waals surface area (Å²) < 4.78 is 6.81. The van der Waals surface area contributed by atoms with Crippen molar-refractivity contribution in [1.82, 2.24) is 15.0 Å². The van der Waals surface area contributed by atoms with Crippen LogP contribution in [0.4, 0.5) is 0 Å². The highest BCUT2D eigenvalue weighted by Gasteiger charge is 2.35. The minimum absolute atomic E-state index is 0.0671. The summed E-state index contributed by atoms with van der Waals surface area (Å²) in [7, 11) is 0. The first-order chi connectivity index (χ1) is 29.5. The smallest absolute Gasteiger partial charge is 0.160 e. The molecule has 0 aliphatic heterocycles. The predicted molar refractivity (Wildman–Crippen MR) is 247 cm³/mol. The highest BCUT2D eigenvalue weighted by Crippen LogP contribution is 2.50. The van der Waals surface area contributed by atoms with E-state index in [4.69, 9.17) is 19.4 Å². The second-order valence-electron chi connectivity index (χ2n) is 16.3. The zero-order valence-electron chi connectivity index (χ0n) is 33.1. The molecule has 0 unspecified atom stereocenters. The number of aromatic nitrogens is 3. The first-order valence-electron chi connectivity index (χ1n) is 20.5. The lowest BCUT2D eigenvalue weighted by Gasteiger charge is -2.21. The molecule has 4 heteroatoms. The fraction of sp³-hybridized carbons (Fsp3) is 0.0536. The van der Waals surface area contributed by atoms with Crippen molar-refractivity contribution in [3.63, 3.8) is 0 Å². The largest absolute Gasteiger partial charge is 0.455 e. The lowest BCUT2D eigenvalue weighted by atomic mass is 9.82. The molecule has 0 bridgehead atoms. The van der Waals surface area contributed by atoms with Crippen LogP contribution in [-0.4, -0.2) is 15.0 Å². The van der Waals surface area contributed by atoms with Crippen LogP contribution >= 0.6 is 0 Å². The Morgan fingerprint density at radius 1 is 0.400 bits per heavy atom. The molecule has 0 fully saturated rings. The summed E-state index contributed by atoms with van der Waals surface area (Å²) in [4.78, 5) is 15.6. The maximum atomic E-state index is 6.81. The van der Waals surface area contributed by atoms with E-state index in [0.29, 0.717) is 5.82 Å². The van der Waals surface area contributed by atoms with Crippen molar-refractivity contribution in [1.29, 1.82) is 0 Å². The number of benzene rings is 8. The maximum absolute atomic E-state index is 6.81. The number of furan rings is 1. The van der Waals surface area contributed by atoms with Gasteiger partial charge in [0.2, 0.25) is 0 Å². The topological polar surface area (TPSA) is 51.8 Å². The van der Waals surface area contributed by atoms with Crippen molar-refractivity contribution >= 4 is 43.6 Å². The number of rotatable bonds is 5. The SMILES string of the molecule is CC1(C)c2ccccc2-c2cc(-c3nc(-c4ccccc4)cc(-c4ccc(-c5cccc6c5oc5ccc7c(-c8ccccc8)nc8ccccc8c7c56)cc4)n3)ccc21. The van der Waals surface area contributed by atoms with Crippen LogP contribution in [0.3, 0.4) is 0 Å². The monoisotopic (exact) mass is 767 g/mol. The standard InChI is InChI=1S/C56H37N3O/c1-56(2)45-22-11-9-18-40(45)44-32-38(28-30-46(44)56)55-58-48(35-14-5-3-6-15-35)33-49(59-55)36-26-24-34(25-27-36)39-20-13-21-43-52-50(60-54(39)43)31-29-42-51(52)41-19-10-12-23-47(41)57-53(42)37-16-7-4-8-17-37/h3-33H,1-2H3. The zero-order chi connectivity index (χ0) is 40.0. The summed E-state index contributed by atoms with van der Waals surface area (Å²) in [6.45, 7) is 4.62. The summed E-state index contributed by atoms with van der Waals surface area (Å²) in [5.74, 6) is 0.706. The first-order valence-corrected chi connectivity index (χ1v) is 20.5. The molecule has 282 valence electrons. The van der Waals surface area contributed by atoms with Crippen LogP contribution in [0.5, 0.6) is 0 Å². The minimum Gasteiger partial charge on any atom is -0.455 e. The Morgan fingerprint density at radius 2 is 1.02 bits per heavy atom. The summed E-state index contributed by atoms with van der Waals surface area (Å²) in [5, 5.41) is 5.58. The molecule has 0 N–H and O–H groups in total. The van der Waals surface area contributed by atoms with E-state index in [1.54, 1.807) is 0 Å². The normalized spacial score (nSPS) is 13.0. The number of hydrogen-bond acceptors (Lipinski definition) is 4. The van der Waals surface area contributed by atoms with Crippen LogP contribution in [0.2, 0.25) is 0 Å². The number of fused-ring (bicyclic) bond motifs is 10. The van der Waals surface area contributed by atoms with Gasteiger partial charge in [-0.05, 0) is 58.1 Å². The number of para-hydroxylation sites is 2. The molecule has 60 heavy (non-hydrogen) atoms. The van der Waals surface area contributed by atoms with Gasteiger partial charge in [-0.1, -0.05) is 172 Å². The molecular formula is C56H37N3O. The minimum atomic E-state index is -0.0671. The lowest BCUT2D eigenvalue weighted by molar-refractivity contribution is 0.660. The number of pyridine rings is 1. The molecule has 8 aromatic carbocycles. The quantitative estimate of drug-likeness (QED) is 0.164. The van der Waals surface area contributed by atoms with Gasteiger partial charge in [0, 0.05) is 60.2 Å². The molecule has 1 aliphatic carbocycles. The van der Waals surface area contributed by atoms with Crippen molar-refractivity contribution in [3.8, 4) is 67.4 Å². The average Bonchev–Trinajstić information content (AvgIpc) is 3.81. The van der Waals surface area contributed by atoms with Crippen molar-refractivity contribution in [3.05, 3.63) is 199 Å². The van der Waals surface area contributed by atoms with E-state index in [1.165, 1.54) is 22.3 Å². The van der Waals surface area contributed by atoms with Gasteiger partial charge in [-0.25, -0.2) is 15.0 Å². The van der Waals surface area contributed by atoms with Crippen LogP contribution in [0, 0.1) is 0 Å². The summed E-state index contributed by atoms with van der Waals surface area (Å²) >= 11 is 0. The van der Waals surface area contributed by atoms with E-state index in [0.717, 1.165) is 94.1 Å². The second-order valence-corrected chi connectivity index (χ2v) is 16.3. The summed E-state index contributed by atoms with van der Waals surface area (Å²) in [6, 6.07) is 66.3. The molecule has 4 nitrogen and oxygen atoms in total. The Morgan fingerprint density at radius 3 is 1.82 bits per heavy atom. The summed E-state index contributed by atoms with van der Waals surface area (Å²) in [6.07, 6.45) is 0. The number of nitrogens with zero attached hydrogens (tertiary/aromatic N) is 3. The fourth-order valence-corrected chi connectivity index (χ4v) is 9.53. The third-order valence-corrected chi connectivity index (χ3v) is 12.5.